The van der Waals surface area contributed by atoms with Crippen molar-refractivity contribution in [2.45, 2.75) is 43.9 Å². The van der Waals surface area contributed by atoms with Crippen LogP contribution >= 0.6 is 11.6 Å². The lowest BCUT2D eigenvalue weighted by Crippen LogP contribution is -2.28. The summed E-state index contributed by atoms with van der Waals surface area (Å²) >= 11 is 5.55. The van der Waals surface area contributed by atoms with Crippen molar-refractivity contribution >= 4 is 11.6 Å². The first-order chi connectivity index (χ1) is 8.36. The summed E-state index contributed by atoms with van der Waals surface area (Å²) in [6.45, 7) is 1.80. The van der Waals surface area contributed by atoms with Crippen LogP contribution in [-0.4, -0.2) is 50.3 Å². The fourth-order valence-corrected chi connectivity index (χ4v) is 2.87. The van der Waals surface area contributed by atoms with E-state index >= 15 is 0 Å². The molecule has 3 fully saturated rings. The van der Waals surface area contributed by atoms with Gasteiger partial charge in [-0.1, -0.05) is 0 Å². The molecule has 2 saturated heterocycles. The predicted molar refractivity (Wildman–Crippen MR) is 62.2 cm³/mol. The molecule has 0 spiro atoms. The molecule has 0 N–H and O–H groups in total. The maximum atomic E-state index is 5.87. The molecule has 4 nitrogen and oxygen atoms in total. The topological polar surface area (TPSA) is 40.2 Å². The molecule has 0 unspecified atom stereocenters. The zero-order chi connectivity index (χ0) is 11.7. The summed E-state index contributed by atoms with van der Waals surface area (Å²) in [5, 5.41) is 0. The predicted octanol–water partition coefficient (Wildman–Crippen LogP) is 1.55. The van der Waals surface area contributed by atoms with Crippen LogP contribution in [0.5, 0.6) is 0 Å². The Balaban J connectivity index is 1.40. The van der Waals surface area contributed by atoms with Gasteiger partial charge in [0.15, 0.2) is 6.29 Å². The number of rotatable bonds is 5. The molecule has 5 atom stereocenters. The van der Waals surface area contributed by atoms with Crippen LogP contribution in [0, 0.1) is 5.92 Å². The van der Waals surface area contributed by atoms with Crippen LogP contribution in [0.3, 0.4) is 0 Å². The zero-order valence-corrected chi connectivity index (χ0v) is 10.6. The Kier molecular flexibility index (Phi) is 3.87. The Bertz CT molecular complexity index is 263. The molecule has 2 aliphatic heterocycles. The number of hydrogen-bond acceptors (Lipinski definition) is 4. The van der Waals surface area contributed by atoms with E-state index in [1.165, 1.54) is 0 Å². The van der Waals surface area contributed by atoms with E-state index in [0.717, 1.165) is 19.3 Å². The van der Waals surface area contributed by atoms with Gasteiger partial charge in [-0.25, -0.2) is 0 Å². The summed E-state index contributed by atoms with van der Waals surface area (Å²) in [5.41, 5.74) is 0. The Morgan fingerprint density at radius 1 is 1.18 bits per heavy atom. The fraction of sp³-hybridized carbons (Fsp3) is 1.00. The third kappa shape index (κ3) is 2.93. The number of hydrogen-bond donors (Lipinski definition) is 0. The third-order valence-electron chi connectivity index (χ3n) is 3.73. The second-order valence-electron chi connectivity index (χ2n) is 5.01. The fourth-order valence-electron chi connectivity index (χ4n) is 2.76. The number of halogens is 1. The van der Waals surface area contributed by atoms with Gasteiger partial charge in [0, 0.05) is 11.8 Å². The van der Waals surface area contributed by atoms with Crippen molar-refractivity contribution in [3.63, 3.8) is 0 Å². The molecule has 17 heavy (non-hydrogen) atoms. The molecule has 5 heteroatoms. The normalized spacial score (nSPS) is 44.6. The van der Waals surface area contributed by atoms with Gasteiger partial charge in [-0.2, -0.15) is 0 Å². The molecule has 1 aliphatic carbocycles. The van der Waals surface area contributed by atoms with Crippen LogP contribution in [0.2, 0.25) is 0 Å². The number of fused-ring (bicyclic) bond motifs is 1. The zero-order valence-electron chi connectivity index (χ0n) is 9.85. The summed E-state index contributed by atoms with van der Waals surface area (Å²) in [5.74, 6) is 1.02. The van der Waals surface area contributed by atoms with Crippen molar-refractivity contribution in [3.8, 4) is 0 Å². The standard InChI is InChI=1S/C12H19ClO4/c13-3-4-14-6-9-7-15-12(16-9)8-1-2-10-11(5-8)17-10/h8-12H,1-7H2/t8-,9-,10-,11+,12+/m1/s1. The van der Waals surface area contributed by atoms with E-state index in [1.807, 2.05) is 0 Å². The van der Waals surface area contributed by atoms with E-state index < -0.39 is 0 Å². The first-order valence-corrected chi connectivity index (χ1v) is 6.96. The van der Waals surface area contributed by atoms with Gasteiger partial charge in [-0.05, 0) is 19.3 Å². The average molecular weight is 263 g/mol. The number of epoxide rings is 1. The Morgan fingerprint density at radius 2 is 2.12 bits per heavy atom. The molecule has 2 heterocycles. The van der Waals surface area contributed by atoms with Crippen molar-refractivity contribution in [3.05, 3.63) is 0 Å². The Labute approximate surface area is 106 Å². The van der Waals surface area contributed by atoms with Gasteiger partial charge in [0.25, 0.3) is 0 Å². The van der Waals surface area contributed by atoms with Crippen LogP contribution in [0.1, 0.15) is 19.3 Å². The van der Waals surface area contributed by atoms with Gasteiger partial charge in [-0.15, -0.1) is 11.6 Å². The maximum absolute atomic E-state index is 5.87. The van der Waals surface area contributed by atoms with Gasteiger partial charge in [0.2, 0.25) is 0 Å². The lowest BCUT2D eigenvalue weighted by atomic mass is 9.89. The Morgan fingerprint density at radius 3 is 2.94 bits per heavy atom. The minimum absolute atomic E-state index is 0.0512. The highest BCUT2D eigenvalue weighted by Crippen LogP contribution is 2.42. The van der Waals surface area contributed by atoms with Crippen molar-refractivity contribution in [1.82, 2.24) is 0 Å². The van der Waals surface area contributed by atoms with E-state index in [9.17, 15) is 0 Å². The van der Waals surface area contributed by atoms with E-state index in [4.69, 9.17) is 30.5 Å². The molecule has 3 rings (SSSR count). The smallest absolute Gasteiger partial charge is 0.161 e. The van der Waals surface area contributed by atoms with Crippen LogP contribution in [0.4, 0.5) is 0 Å². The SMILES string of the molecule is ClCCOC[C@@H]1CO[C@H]([C@@H]2CC[C@H]3O[C@H]3C2)O1. The largest absolute Gasteiger partial charge is 0.377 e. The van der Waals surface area contributed by atoms with E-state index in [1.54, 1.807) is 0 Å². The van der Waals surface area contributed by atoms with Crippen molar-refractivity contribution < 1.29 is 18.9 Å². The highest BCUT2D eigenvalue weighted by atomic mass is 35.5. The van der Waals surface area contributed by atoms with Gasteiger partial charge in [0.1, 0.15) is 6.10 Å². The summed E-state index contributed by atoms with van der Waals surface area (Å²) in [6.07, 6.45) is 4.44. The van der Waals surface area contributed by atoms with Crippen LogP contribution in [0.25, 0.3) is 0 Å². The second-order valence-corrected chi connectivity index (χ2v) is 5.39. The first-order valence-electron chi connectivity index (χ1n) is 6.43. The summed E-state index contributed by atoms with van der Waals surface area (Å²) in [4.78, 5) is 0. The number of ether oxygens (including phenoxy) is 4. The van der Waals surface area contributed by atoms with Crippen LogP contribution in [-0.2, 0) is 18.9 Å². The third-order valence-corrected chi connectivity index (χ3v) is 3.88. The Hall–Kier alpha value is 0.130. The molecule has 0 bridgehead atoms. The lowest BCUT2D eigenvalue weighted by Gasteiger charge is -2.24. The highest BCUT2D eigenvalue weighted by molar-refractivity contribution is 6.17. The van der Waals surface area contributed by atoms with Crippen LogP contribution < -0.4 is 0 Å². The van der Waals surface area contributed by atoms with Crippen molar-refractivity contribution in [2.24, 2.45) is 5.92 Å². The lowest BCUT2D eigenvalue weighted by molar-refractivity contribution is -0.111. The van der Waals surface area contributed by atoms with E-state index in [0.29, 0.717) is 43.8 Å². The summed E-state index contributed by atoms with van der Waals surface area (Å²) in [7, 11) is 0. The minimum Gasteiger partial charge on any atom is -0.377 e. The molecule has 3 aliphatic rings. The first kappa shape index (κ1) is 12.2. The average Bonchev–Trinajstić information content (AvgIpc) is 2.98. The second kappa shape index (κ2) is 5.41. The van der Waals surface area contributed by atoms with Gasteiger partial charge in [-0.3, -0.25) is 0 Å². The molecule has 1 saturated carbocycles. The molecule has 98 valence electrons. The molecule has 0 aromatic carbocycles. The molecular formula is C12H19ClO4. The summed E-state index contributed by atoms with van der Waals surface area (Å²) < 4.78 is 22.5. The van der Waals surface area contributed by atoms with Crippen molar-refractivity contribution in [1.29, 1.82) is 0 Å². The molecule has 0 aromatic heterocycles. The molecule has 0 aromatic rings. The molecule has 0 radical (unpaired) electrons. The molecular weight excluding hydrogens is 244 g/mol. The van der Waals surface area contributed by atoms with Gasteiger partial charge in [0.05, 0.1) is 32.0 Å². The van der Waals surface area contributed by atoms with Gasteiger partial charge >= 0.3 is 0 Å². The molecule has 0 amide bonds. The summed E-state index contributed by atoms with van der Waals surface area (Å²) in [6, 6.07) is 0. The minimum atomic E-state index is -0.0512. The monoisotopic (exact) mass is 262 g/mol. The highest BCUT2D eigenvalue weighted by Gasteiger charge is 2.47. The quantitative estimate of drug-likeness (QED) is 0.428. The van der Waals surface area contributed by atoms with Crippen LogP contribution in [0.15, 0.2) is 0 Å². The van der Waals surface area contributed by atoms with E-state index in [-0.39, 0.29) is 12.4 Å². The van der Waals surface area contributed by atoms with E-state index in [2.05, 4.69) is 0 Å². The van der Waals surface area contributed by atoms with Gasteiger partial charge < -0.3 is 18.9 Å². The van der Waals surface area contributed by atoms with Crippen molar-refractivity contribution in [2.75, 3.05) is 25.7 Å². The maximum Gasteiger partial charge on any atom is 0.161 e. The number of alkyl halides is 1.